The number of nitrogens with zero attached hydrogens (tertiary/aromatic N) is 1. The van der Waals surface area contributed by atoms with E-state index in [-0.39, 0.29) is 30.3 Å². The van der Waals surface area contributed by atoms with Crippen LogP contribution in [0.25, 0.3) is 0 Å². The molecule has 2 saturated heterocycles. The van der Waals surface area contributed by atoms with E-state index in [2.05, 4.69) is 17.6 Å². The summed E-state index contributed by atoms with van der Waals surface area (Å²) in [5.74, 6) is 0.409. The minimum Gasteiger partial charge on any atom is -0.352 e. The van der Waals surface area contributed by atoms with Gasteiger partial charge >= 0.3 is 0 Å². The SMILES string of the molecule is CC1CCNCC1NC(=O)C1CCN(S(N)(=O)=O)CC1.Cl. The summed E-state index contributed by atoms with van der Waals surface area (Å²) in [6, 6.07) is 0.174. The third-order valence-corrected chi connectivity index (χ3v) is 5.42. The van der Waals surface area contributed by atoms with Crippen LogP contribution in [0.1, 0.15) is 26.2 Å². The number of hydrogen-bond acceptors (Lipinski definition) is 4. The molecule has 21 heavy (non-hydrogen) atoms. The number of halogens is 1. The summed E-state index contributed by atoms with van der Waals surface area (Å²) in [7, 11) is -3.62. The van der Waals surface area contributed by atoms with Gasteiger partial charge in [-0.1, -0.05) is 6.92 Å². The Hall–Kier alpha value is -0.410. The Labute approximate surface area is 132 Å². The van der Waals surface area contributed by atoms with Crippen molar-refractivity contribution in [2.24, 2.45) is 17.0 Å². The van der Waals surface area contributed by atoms with Crippen molar-refractivity contribution in [3.05, 3.63) is 0 Å². The van der Waals surface area contributed by atoms with Crippen LogP contribution >= 0.6 is 12.4 Å². The Morgan fingerprint density at radius 3 is 2.43 bits per heavy atom. The van der Waals surface area contributed by atoms with Crippen LogP contribution in [0.5, 0.6) is 0 Å². The molecule has 7 nitrogen and oxygen atoms in total. The van der Waals surface area contributed by atoms with Gasteiger partial charge in [0.15, 0.2) is 0 Å². The van der Waals surface area contributed by atoms with E-state index in [1.54, 1.807) is 0 Å². The van der Waals surface area contributed by atoms with Gasteiger partial charge in [-0.25, -0.2) is 5.14 Å². The van der Waals surface area contributed by atoms with Crippen molar-refractivity contribution in [3.8, 4) is 0 Å². The number of carbonyl (C=O) groups is 1. The third kappa shape index (κ3) is 5.07. The molecule has 0 radical (unpaired) electrons. The third-order valence-electron chi connectivity index (χ3n) is 4.34. The monoisotopic (exact) mass is 340 g/mol. The maximum Gasteiger partial charge on any atom is 0.276 e. The van der Waals surface area contributed by atoms with Gasteiger partial charge in [-0.3, -0.25) is 4.79 Å². The Morgan fingerprint density at radius 2 is 1.90 bits per heavy atom. The lowest BCUT2D eigenvalue weighted by molar-refractivity contribution is -0.127. The number of hydrogen-bond donors (Lipinski definition) is 3. The Bertz CT molecular complexity index is 451. The molecular weight excluding hydrogens is 316 g/mol. The topological polar surface area (TPSA) is 105 Å². The molecule has 0 aliphatic carbocycles. The van der Waals surface area contributed by atoms with Gasteiger partial charge in [-0.2, -0.15) is 12.7 Å². The number of nitrogens with one attached hydrogen (secondary N) is 2. The lowest BCUT2D eigenvalue weighted by Crippen LogP contribution is -2.53. The lowest BCUT2D eigenvalue weighted by Gasteiger charge is -2.33. The molecular formula is C12H25ClN4O3S. The number of nitrogens with two attached hydrogens (primary N) is 1. The zero-order valence-corrected chi connectivity index (χ0v) is 13.9. The molecule has 124 valence electrons. The van der Waals surface area contributed by atoms with Crippen LogP contribution in [0.4, 0.5) is 0 Å². The largest absolute Gasteiger partial charge is 0.352 e. The maximum atomic E-state index is 12.2. The summed E-state index contributed by atoms with van der Waals surface area (Å²) in [5, 5.41) is 11.5. The van der Waals surface area contributed by atoms with E-state index in [4.69, 9.17) is 5.14 Å². The second kappa shape index (κ2) is 7.73. The highest BCUT2D eigenvalue weighted by Gasteiger charge is 2.31. The fourth-order valence-electron chi connectivity index (χ4n) is 2.86. The Kier molecular flexibility index (Phi) is 6.86. The fraction of sp³-hybridized carbons (Fsp3) is 0.917. The molecule has 0 aromatic rings. The normalized spacial score (nSPS) is 28.7. The van der Waals surface area contributed by atoms with E-state index in [0.29, 0.717) is 31.8 Å². The number of amides is 1. The molecule has 4 N–H and O–H groups in total. The molecule has 2 heterocycles. The van der Waals surface area contributed by atoms with Crippen LogP contribution < -0.4 is 15.8 Å². The summed E-state index contributed by atoms with van der Waals surface area (Å²) < 4.78 is 23.7. The van der Waals surface area contributed by atoms with Gasteiger partial charge in [-0.15, -0.1) is 12.4 Å². The van der Waals surface area contributed by atoms with E-state index in [1.165, 1.54) is 4.31 Å². The average molecular weight is 341 g/mol. The van der Waals surface area contributed by atoms with Gasteiger partial charge in [0.2, 0.25) is 5.91 Å². The standard InChI is InChI=1S/C12H24N4O3S.ClH/c1-9-2-5-14-8-11(9)15-12(17)10-3-6-16(7-4-10)20(13,18)19;/h9-11,14H,2-8H2,1H3,(H,15,17)(H2,13,18,19);1H. The van der Waals surface area contributed by atoms with E-state index in [1.807, 2.05) is 0 Å². The van der Waals surface area contributed by atoms with Gasteiger partial charge in [0.25, 0.3) is 10.2 Å². The number of piperidine rings is 2. The molecule has 2 unspecified atom stereocenters. The molecule has 0 spiro atoms. The first-order valence-electron chi connectivity index (χ1n) is 7.17. The summed E-state index contributed by atoms with van der Waals surface area (Å²) in [6.45, 7) is 4.61. The summed E-state index contributed by atoms with van der Waals surface area (Å²) in [6.07, 6.45) is 2.14. The summed E-state index contributed by atoms with van der Waals surface area (Å²) in [4.78, 5) is 12.2. The molecule has 2 rings (SSSR count). The van der Waals surface area contributed by atoms with Crippen molar-refractivity contribution in [1.82, 2.24) is 14.9 Å². The van der Waals surface area contributed by atoms with Crippen LogP contribution in [0.2, 0.25) is 0 Å². The smallest absolute Gasteiger partial charge is 0.276 e. The molecule has 2 fully saturated rings. The van der Waals surface area contributed by atoms with Crippen molar-refractivity contribution in [1.29, 1.82) is 0 Å². The summed E-state index contributed by atoms with van der Waals surface area (Å²) in [5.41, 5.74) is 0. The lowest BCUT2D eigenvalue weighted by atomic mass is 9.92. The van der Waals surface area contributed by atoms with Crippen LogP contribution in [-0.4, -0.2) is 50.9 Å². The molecule has 2 aliphatic heterocycles. The van der Waals surface area contributed by atoms with Crippen LogP contribution in [-0.2, 0) is 15.0 Å². The maximum absolute atomic E-state index is 12.2. The minimum atomic E-state index is -3.62. The molecule has 1 amide bonds. The first-order valence-corrected chi connectivity index (χ1v) is 8.67. The average Bonchev–Trinajstić information content (AvgIpc) is 2.40. The highest BCUT2D eigenvalue weighted by atomic mass is 35.5. The minimum absolute atomic E-state index is 0. The molecule has 0 aromatic carbocycles. The van der Waals surface area contributed by atoms with Gasteiger partial charge in [0.05, 0.1) is 0 Å². The first-order chi connectivity index (χ1) is 9.38. The van der Waals surface area contributed by atoms with Gasteiger partial charge in [0, 0.05) is 31.6 Å². The van der Waals surface area contributed by atoms with Gasteiger partial charge in [-0.05, 0) is 31.7 Å². The first kappa shape index (κ1) is 18.6. The van der Waals surface area contributed by atoms with E-state index >= 15 is 0 Å². The Balaban J connectivity index is 0.00000220. The quantitative estimate of drug-likeness (QED) is 0.640. The Morgan fingerprint density at radius 1 is 1.29 bits per heavy atom. The van der Waals surface area contributed by atoms with Gasteiger partial charge in [0.1, 0.15) is 0 Å². The van der Waals surface area contributed by atoms with E-state index in [9.17, 15) is 13.2 Å². The second-order valence-electron chi connectivity index (χ2n) is 5.80. The summed E-state index contributed by atoms with van der Waals surface area (Å²) >= 11 is 0. The van der Waals surface area contributed by atoms with Crippen molar-refractivity contribution in [3.63, 3.8) is 0 Å². The molecule has 9 heteroatoms. The van der Waals surface area contributed by atoms with Crippen molar-refractivity contribution >= 4 is 28.5 Å². The number of rotatable bonds is 3. The molecule has 0 aromatic heterocycles. The zero-order valence-electron chi connectivity index (χ0n) is 12.2. The van der Waals surface area contributed by atoms with Crippen LogP contribution in [0.3, 0.4) is 0 Å². The van der Waals surface area contributed by atoms with Crippen LogP contribution in [0, 0.1) is 11.8 Å². The molecule has 2 atom stereocenters. The highest BCUT2D eigenvalue weighted by molar-refractivity contribution is 7.86. The van der Waals surface area contributed by atoms with Crippen LogP contribution in [0.15, 0.2) is 0 Å². The number of carbonyl (C=O) groups excluding carboxylic acids is 1. The van der Waals surface area contributed by atoms with E-state index in [0.717, 1.165) is 19.5 Å². The predicted octanol–water partition coefficient (Wildman–Crippen LogP) is -0.562. The van der Waals surface area contributed by atoms with E-state index < -0.39 is 10.2 Å². The molecule has 0 saturated carbocycles. The van der Waals surface area contributed by atoms with Gasteiger partial charge < -0.3 is 10.6 Å². The zero-order chi connectivity index (χ0) is 14.8. The second-order valence-corrected chi connectivity index (χ2v) is 7.35. The molecule has 0 bridgehead atoms. The predicted molar refractivity (Wildman–Crippen MR) is 83.2 cm³/mol. The van der Waals surface area contributed by atoms with Crippen molar-refractivity contribution in [2.45, 2.75) is 32.2 Å². The van der Waals surface area contributed by atoms with Crippen molar-refractivity contribution < 1.29 is 13.2 Å². The van der Waals surface area contributed by atoms with Crippen molar-refractivity contribution in [2.75, 3.05) is 26.2 Å². The fourth-order valence-corrected chi connectivity index (χ4v) is 3.58. The highest BCUT2D eigenvalue weighted by Crippen LogP contribution is 2.20. The molecule has 2 aliphatic rings.